The van der Waals surface area contributed by atoms with Gasteiger partial charge >= 0.3 is 0 Å². The molecule has 0 amide bonds. The van der Waals surface area contributed by atoms with Gasteiger partial charge in [0.1, 0.15) is 61.1 Å². The van der Waals surface area contributed by atoms with Crippen LogP contribution in [0.1, 0.15) is 62.3 Å². The summed E-state index contributed by atoms with van der Waals surface area (Å²) in [5.41, 5.74) is 4.34. The lowest BCUT2D eigenvalue weighted by molar-refractivity contribution is 0.0834. The molecule has 0 heterocycles. The van der Waals surface area contributed by atoms with Gasteiger partial charge in [-0.2, -0.15) is 0 Å². The second-order valence-corrected chi connectivity index (χ2v) is 20.8. The van der Waals surface area contributed by atoms with Crippen LogP contribution in [0.15, 0.2) is 217 Å². The Morgan fingerprint density at radius 3 is 1.68 bits per heavy atom. The number of unbranched alkanes of at least 4 members (excludes halogenated alkanes) is 1. The minimum absolute atomic E-state index is 0.356. The lowest BCUT2D eigenvalue weighted by atomic mass is 10.2. The van der Waals surface area contributed by atoms with E-state index in [1.54, 1.807) is 0 Å². The minimum atomic E-state index is -1.91. The highest BCUT2D eigenvalue weighted by atomic mass is 31.2. The highest BCUT2D eigenvalue weighted by Crippen LogP contribution is 2.72. The van der Waals surface area contributed by atoms with Crippen molar-refractivity contribution >= 4 is 12.6 Å². The standard InChI is InChI=1S/C63H73NO6P/c1-6-10-33-58(9-4)71(59(25-7-2)26-8-3,60-34-21-14-22-35-60)45-24-23-41-66-56-38-36-52(37-39-56)48-64(5)40-42-65-43-44-67-57-46-61(68-49-53-27-15-11-16-28-53)63(70-51-55-31-19-13-20-32-55)62(47-57)69-50-54-29-17-12-18-30-54/h6-7,9-22,25-39,46-47H,1,8,23-24,40-45,48-51H2,2-5H3/q+1/b25-7-,33-10-,58-9+,59-26+. The van der Waals surface area contributed by atoms with Crippen LogP contribution in [0, 0.1) is 0 Å². The first-order chi connectivity index (χ1) is 34.9. The van der Waals surface area contributed by atoms with E-state index < -0.39 is 7.26 Å². The second kappa shape index (κ2) is 30.2. The normalized spacial score (nSPS) is 12.8. The lowest BCUT2D eigenvalue weighted by Crippen LogP contribution is -2.23. The summed E-state index contributed by atoms with van der Waals surface area (Å²) < 4.78 is 37.9. The minimum Gasteiger partial charge on any atom is -0.494 e. The third-order valence-electron chi connectivity index (χ3n) is 11.9. The number of benzene rings is 6. The van der Waals surface area contributed by atoms with Gasteiger partial charge in [0.15, 0.2) is 11.5 Å². The predicted octanol–water partition coefficient (Wildman–Crippen LogP) is 15.0. The van der Waals surface area contributed by atoms with Gasteiger partial charge in [-0.15, -0.1) is 0 Å². The van der Waals surface area contributed by atoms with Gasteiger partial charge in [-0.3, -0.25) is 4.90 Å². The van der Waals surface area contributed by atoms with Gasteiger partial charge in [-0.05, 0) is 111 Å². The number of hydrogen-bond donors (Lipinski definition) is 0. The number of allylic oxidation sites excluding steroid dienone is 9. The molecule has 370 valence electrons. The molecular formula is C63H73NO6P+. The molecule has 0 aliphatic rings. The zero-order chi connectivity index (χ0) is 49.8. The molecule has 0 saturated carbocycles. The molecule has 6 aromatic carbocycles. The average molecular weight is 971 g/mol. The van der Waals surface area contributed by atoms with Gasteiger partial charge in [-0.1, -0.05) is 153 Å². The van der Waals surface area contributed by atoms with E-state index in [0.29, 0.717) is 69.2 Å². The molecule has 7 nitrogen and oxygen atoms in total. The van der Waals surface area contributed by atoms with E-state index in [1.165, 1.54) is 21.5 Å². The van der Waals surface area contributed by atoms with Crippen molar-refractivity contribution in [2.45, 2.75) is 66.4 Å². The van der Waals surface area contributed by atoms with Crippen molar-refractivity contribution < 1.29 is 28.4 Å². The number of hydrogen-bond acceptors (Lipinski definition) is 7. The van der Waals surface area contributed by atoms with Crippen LogP contribution >= 0.6 is 7.26 Å². The van der Waals surface area contributed by atoms with E-state index >= 15 is 0 Å². The molecule has 0 bridgehead atoms. The van der Waals surface area contributed by atoms with Crippen molar-refractivity contribution in [1.82, 2.24) is 4.90 Å². The Balaban J connectivity index is 0.985. The summed E-state index contributed by atoms with van der Waals surface area (Å²) in [7, 11) is 0.199. The van der Waals surface area contributed by atoms with Crippen molar-refractivity contribution in [2.24, 2.45) is 0 Å². The summed E-state index contributed by atoms with van der Waals surface area (Å²) in [4.78, 5) is 2.26. The summed E-state index contributed by atoms with van der Waals surface area (Å²) in [6.45, 7) is 15.2. The van der Waals surface area contributed by atoms with Crippen molar-refractivity contribution in [1.29, 1.82) is 0 Å². The van der Waals surface area contributed by atoms with Crippen molar-refractivity contribution in [3.63, 3.8) is 0 Å². The topological polar surface area (TPSA) is 58.6 Å². The maximum atomic E-state index is 6.45. The monoisotopic (exact) mass is 971 g/mol. The number of likely N-dealkylation sites (N-methyl/N-ethyl adjacent to an activating group) is 1. The van der Waals surface area contributed by atoms with Crippen LogP contribution < -0.4 is 29.0 Å². The zero-order valence-electron chi connectivity index (χ0n) is 42.3. The van der Waals surface area contributed by atoms with Crippen LogP contribution in [0.25, 0.3) is 0 Å². The number of ether oxygens (including phenoxy) is 6. The molecule has 0 aromatic heterocycles. The van der Waals surface area contributed by atoms with Crippen molar-refractivity contribution in [3.05, 3.63) is 240 Å². The van der Waals surface area contributed by atoms with Gasteiger partial charge in [0.25, 0.3) is 0 Å². The van der Waals surface area contributed by atoms with E-state index in [9.17, 15) is 0 Å². The summed E-state index contributed by atoms with van der Waals surface area (Å²) in [5.74, 6) is 3.11. The Kier molecular flexibility index (Phi) is 22.8. The molecule has 0 aliphatic carbocycles. The first kappa shape index (κ1) is 53.7. The van der Waals surface area contributed by atoms with Crippen LogP contribution in [0.4, 0.5) is 0 Å². The molecule has 6 aromatic rings. The first-order valence-electron chi connectivity index (χ1n) is 25.0. The van der Waals surface area contributed by atoms with Gasteiger partial charge in [0, 0.05) is 25.2 Å². The van der Waals surface area contributed by atoms with E-state index in [0.717, 1.165) is 61.0 Å². The molecular weight excluding hydrogens is 898 g/mol. The molecule has 0 saturated heterocycles. The molecule has 0 fully saturated rings. The van der Waals surface area contributed by atoms with E-state index in [1.807, 2.05) is 109 Å². The fourth-order valence-electron chi connectivity index (χ4n) is 8.32. The summed E-state index contributed by atoms with van der Waals surface area (Å²) in [6.07, 6.45) is 19.5. The highest BCUT2D eigenvalue weighted by molar-refractivity contribution is 7.90. The molecule has 1 atom stereocenters. The predicted molar refractivity (Wildman–Crippen MR) is 297 cm³/mol. The summed E-state index contributed by atoms with van der Waals surface area (Å²) in [6, 6.07) is 53.5. The Labute approximate surface area is 425 Å². The molecule has 8 heteroatoms. The van der Waals surface area contributed by atoms with E-state index in [4.69, 9.17) is 28.4 Å². The molecule has 1 unspecified atom stereocenters. The van der Waals surface area contributed by atoms with Gasteiger partial charge in [0.2, 0.25) is 5.75 Å². The Bertz CT molecular complexity index is 2510. The second-order valence-electron chi connectivity index (χ2n) is 17.2. The highest BCUT2D eigenvalue weighted by Gasteiger charge is 2.46. The van der Waals surface area contributed by atoms with Gasteiger partial charge in [-0.25, -0.2) is 0 Å². The molecule has 6 rings (SSSR count). The maximum Gasteiger partial charge on any atom is 0.204 e. The quantitative estimate of drug-likeness (QED) is 0.0244. The van der Waals surface area contributed by atoms with Crippen LogP contribution in [0.5, 0.6) is 28.7 Å². The molecule has 71 heavy (non-hydrogen) atoms. The molecule has 0 N–H and O–H groups in total. The fraction of sp³-hybridized carbons (Fsp3) is 0.270. The molecule has 0 aliphatic heterocycles. The van der Waals surface area contributed by atoms with Gasteiger partial charge < -0.3 is 28.4 Å². The number of nitrogens with zero attached hydrogens (tertiary/aromatic N) is 1. The smallest absolute Gasteiger partial charge is 0.204 e. The van der Waals surface area contributed by atoms with Crippen molar-refractivity contribution in [2.75, 3.05) is 46.2 Å². The van der Waals surface area contributed by atoms with Crippen LogP contribution in [0.3, 0.4) is 0 Å². The average Bonchev–Trinajstić information content (AvgIpc) is 3.41. The van der Waals surface area contributed by atoms with E-state index in [-0.39, 0.29) is 0 Å². The van der Waals surface area contributed by atoms with Crippen LogP contribution in [-0.4, -0.2) is 51.1 Å². The van der Waals surface area contributed by atoms with Crippen molar-refractivity contribution in [3.8, 4) is 28.7 Å². The molecule has 0 radical (unpaired) electrons. The lowest BCUT2D eigenvalue weighted by Gasteiger charge is -2.29. The third-order valence-corrected chi connectivity index (χ3v) is 16.5. The molecule has 0 spiro atoms. The van der Waals surface area contributed by atoms with Gasteiger partial charge in [0.05, 0.1) is 26.0 Å². The summed E-state index contributed by atoms with van der Waals surface area (Å²) >= 11 is 0. The number of rotatable bonds is 31. The van der Waals surface area contributed by atoms with Crippen LogP contribution in [0.2, 0.25) is 0 Å². The van der Waals surface area contributed by atoms with E-state index in [2.05, 4.69) is 130 Å². The summed E-state index contributed by atoms with van der Waals surface area (Å²) in [5, 5.41) is 4.22. The SMILES string of the molecule is C=C/C=C\C(=C/C)[P+](CCCCOc1ccc(CN(C)CCOCCOc2cc(OCc3ccccc3)c(OCc3ccccc3)c(OCc3ccccc3)c2)cc1)(C(/C=C\C)=C/CC)c1ccccc1. The maximum absolute atomic E-state index is 6.45. The third kappa shape index (κ3) is 17.0. The van der Waals surface area contributed by atoms with Crippen LogP contribution in [-0.2, 0) is 31.1 Å². The zero-order valence-corrected chi connectivity index (χ0v) is 43.2. The first-order valence-corrected chi connectivity index (χ1v) is 26.9. The Morgan fingerprint density at radius 1 is 0.563 bits per heavy atom. The Morgan fingerprint density at radius 2 is 1.13 bits per heavy atom. The largest absolute Gasteiger partial charge is 0.494 e. The Hall–Kier alpha value is -6.63. The fourth-order valence-corrected chi connectivity index (χ4v) is 13.0.